The maximum atomic E-state index is 5.30. The number of para-hydroxylation sites is 1. The molecule has 1 aromatic heterocycles. The van der Waals surface area contributed by atoms with E-state index in [1.54, 1.807) is 0 Å². The Labute approximate surface area is 132 Å². The van der Waals surface area contributed by atoms with Crippen molar-refractivity contribution in [3.05, 3.63) is 46.2 Å². The van der Waals surface area contributed by atoms with Gasteiger partial charge in [-0.1, -0.05) is 18.2 Å². The lowest BCUT2D eigenvalue weighted by Gasteiger charge is -2.11. The predicted octanol–water partition coefficient (Wildman–Crippen LogP) is 3.46. The lowest BCUT2D eigenvalue weighted by Crippen LogP contribution is -2.28. The molecule has 0 aliphatic heterocycles. The number of benzene rings is 1. The van der Waals surface area contributed by atoms with Crippen molar-refractivity contribution in [3.63, 3.8) is 0 Å². The topological polar surface area (TPSA) is 41.9 Å². The third-order valence-corrected chi connectivity index (χ3v) is 3.83. The Bertz CT molecular complexity index is 609. The third-order valence-electron chi connectivity index (χ3n) is 2.92. The van der Waals surface area contributed by atoms with Gasteiger partial charge in [-0.2, -0.15) is 5.10 Å². The van der Waals surface area contributed by atoms with E-state index in [9.17, 15) is 0 Å². The number of anilines is 1. The fourth-order valence-electron chi connectivity index (χ4n) is 1.76. The molecule has 0 unspecified atom stereocenters. The minimum atomic E-state index is 0.589. The highest BCUT2D eigenvalue weighted by Crippen LogP contribution is 2.15. The van der Waals surface area contributed by atoms with E-state index in [0.29, 0.717) is 11.7 Å². The van der Waals surface area contributed by atoms with Crippen LogP contribution in [-0.4, -0.2) is 14.9 Å². The van der Waals surface area contributed by atoms with E-state index in [2.05, 4.69) is 38.6 Å². The zero-order chi connectivity index (χ0) is 14.5. The molecule has 2 N–H and O–H groups in total. The lowest BCUT2D eigenvalue weighted by atomic mass is 10.2. The van der Waals surface area contributed by atoms with Crippen LogP contribution in [0.5, 0.6) is 0 Å². The van der Waals surface area contributed by atoms with Crippen LogP contribution in [0, 0.1) is 6.92 Å². The summed E-state index contributed by atoms with van der Waals surface area (Å²) in [7, 11) is 0. The molecular formula is C14H17BrN4S. The number of nitrogens with one attached hydrogen (secondary N) is 2. The van der Waals surface area contributed by atoms with E-state index in [0.717, 1.165) is 28.0 Å². The number of hydrogen-bond donors (Lipinski definition) is 2. The van der Waals surface area contributed by atoms with Gasteiger partial charge in [0.2, 0.25) is 0 Å². The quantitative estimate of drug-likeness (QED) is 0.826. The van der Waals surface area contributed by atoms with E-state index in [1.165, 1.54) is 0 Å². The molecule has 0 fully saturated rings. The van der Waals surface area contributed by atoms with Crippen molar-refractivity contribution >= 4 is 38.9 Å². The van der Waals surface area contributed by atoms with Gasteiger partial charge in [-0.05, 0) is 53.6 Å². The van der Waals surface area contributed by atoms with Gasteiger partial charge in [0.25, 0.3) is 0 Å². The summed E-state index contributed by atoms with van der Waals surface area (Å²) in [4.78, 5) is 0. The average Bonchev–Trinajstić information content (AvgIpc) is 2.80. The van der Waals surface area contributed by atoms with Gasteiger partial charge in [-0.15, -0.1) is 0 Å². The Morgan fingerprint density at radius 2 is 2.15 bits per heavy atom. The Hall–Kier alpha value is -1.40. The summed E-state index contributed by atoms with van der Waals surface area (Å²) in [5.41, 5.74) is 3.12. The number of rotatable bonds is 4. The average molecular weight is 353 g/mol. The molecule has 4 nitrogen and oxygen atoms in total. The molecule has 2 rings (SSSR count). The standard InChI is InChI=1S/C14H17BrN4S/c1-3-19-9-11(15)13(18-19)8-16-14(20)17-12-7-5-4-6-10(12)2/h4-7,9H,3,8H2,1-2H3,(H2,16,17,20). The summed E-state index contributed by atoms with van der Waals surface area (Å²) in [6.45, 7) is 5.54. The van der Waals surface area contributed by atoms with Crippen LogP contribution < -0.4 is 10.6 Å². The smallest absolute Gasteiger partial charge is 0.171 e. The van der Waals surface area contributed by atoms with Crippen LogP contribution in [0.2, 0.25) is 0 Å². The monoisotopic (exact) mass is 352 g/mol. The highest BCUT2D eigenvalue weighted by Gasteiger charge is 2.06. The van der Waals surface area contributed by atoms with Gasteiger partial charge in [-0.25, -0.2) is 0 Å². The fraction of sp³-hybridized carbons (Fsp3) is 0.286. The Morgan fingerprint density at radius 3 is 2.80 bits per heavy atom. The molecule has 106 valence electrons. The second-order valence-electron chi connectivity index (χ2n) is 4.40. The zero-order valence-corrected chi connectivity index (χ0v) is 13.9. The summed E-state index contributed by atoms with van der Waals surface area (Å²) in [5.74, 6) is 0. The van der Waals surface area contributed by atoms with Crippen LogP contribution >= 0.6 is 28.1 Å². The summed E-state index contributed by atoms with van der Waals surface area (Å²) in [5, 5.41) is 11.4. The van der Waals surface area contributed by atoms with Gasteiger partial charge < -0.3 is 10.6 Å². The highest BCUT2D eigenvalue weighted by atomic mass is 79.9. The predicted molar refractivity (Wildman–Crippen MR) is 89.8 cm³/mol. The fourth-order valence-corrected chi connectivity index (χ4v) is 2.40. The van der Waals surface area contributed by atoms with E-state index in [4.69, 9.17) is 12.2 Å². The molecule has 2 aromatic rings. The lowest BCUT2D eigenvalue weighted by molar-refractivity contribution is 0.643. The number of halogens is 1. The molecular weight excluding hydrogens is 336 g/mol. The van der Waals surface area contributed by atoms with Crippen LogP contribution in [0.25, 0.3) is 0 Å². The SMILES string of the molecule is CCn1cc(Br)c(CNC(=S)Nc2ccccc2C)n1. The highest BCUT2D eigenvalue weighted by molar-refractivity contribution is 9.10. The Balaban J connectivity index is 1.92. The first-order valence-corrected chi connectivity index (χ1v) is 7.62. The molecule has 0 amide bonds. The Kier molecular flexibility index (Phi) is 5.14. The second-order valence-corrected chi connectivity index (χ2v) is 5.66. The zero-order valence-electron chi connectivity index (χ0n) is 11.5. The van der Waals surface area contributed by atoms with Gasteiger partial charge in [0.15, 0.2) is 5.11 Å². The molecule has 20 heavy (non-hydrogen) atoms. The van der Waals surface area contributed by atoms with E-state index in [1.807, 2.05) is 42.1 Å². The first-order chi connectivity index (χ1) is 9.60. The van der Waals surface area contributed by atoms with Crippen molar-refractivity contribution in [1.82, 2.24) is 15.1 Å². The van der Waals surface area contributed by atoms with Crippen molar-refractivity contribution in [2.75, 3.05) is 5.32 Å². The van der Waals surface area contributed by atoms with E-state index >= 15 is 0 Å². The molecule has 0 aliphatic carbocycles. The molecule has 0 saturated carbocycles. The summed E-state index contributed by atoms with van der Waals surface area (Å²) < 4.78 is 2.88. The van der Waals surface area contributed by atoms with Crippen LogP contribution in [-0.2, 0) is 13.1 Å². The van der Waals surface area contributed by atoms with Crippen molar-refractivity contribution in [2.45, 2.75) is 26.9 Å². The van der Waals surface area contributed by atoms with E-state index < -0.39 is 0 Å². The third kappa shape index (κ3) is 3.80. The molecule has 0 bridgehead atoms. The molecule has 0 spiro atoms. The van der Waals surface area contributed by atoms with Gasteiger partial charge in [0.1, 0.15) is 0 Å². The van der Waals surface area contributed by atoms with Gasteiger partial charge in [0.05, 0.1) is 16.7 Å². The number of aryl methyl sites for hydroxylation is 2. The molecule has 0 radical (unpaired) electrons. The van der Waals surface area contributed by atoms with Crippen molar-refractivity contribution in [1.29, 1.82) is 0 Å². The Morgan fingerprint density at radius 1 is 1.40 bits per heavy atom. The van der Waals surface area contributed by atoms with Crippen LogP contribution in [0.1, 0.15) is 18.2 Å². The van der Waals surface area contributed by atoms with Crippen molar-refractivity contribution in [2.24, 2.45) is 0 Å². The normalized spacial score (nSPS) is 10.3. The summed E-state index contributed by atoms with van der Waals surface area (Å²) in [6, 6.07) is 8.04. The number of nitrogens with zero attached hydrogens (tertiary/aromatic N) is 2. The van der Waals surface area contributed by atoms with Crippen LogP contribution in [0.3, 0.4) is 0 Å². The van der Waals surface area contributed by atoms with Gasteiger partial charge in [-0.3, -0.25) is 4.68 Å². The molecule has 1 heterocycles. The minimum Gasteiger partial charge on any atom is -0.357 e. The second kappa shape index (κ2) is 6.85. The van der Waals surface area contributed by atoms with Crippen LogP contribution in [0.4, 0.5) is 5.69 Å². The molecule has 6 heteroatoms. The van der Waals surface area contributed by atoms with Gasteiger partial charge >= 0.3 is 0 Å². The van der Waals surface area contributed by atoms with Crippen molar-refractivity contribution < 1.29 is 0 Å². The maximum absolute atomic E-state index is 5.30. The number of thiocarbonyl (C=S) groups is 1. The first kappa shape index (κ1) is 15.0. The first-order valence-electron chi connectivity index (χ1n) is 6.42. The van der Waals surface area contributed by atoms with E-state index in [-0.39, 0.29) is 0 Å². The van der Waals surface area contributed by atoms with Crippen molar-refractivity contribution in [3.8, 4) is 0 Å². The molecule has 1 aromatic carbocycles. The van der Waals surface area contributed by atoms with Gasteiger partial charge in [0, 0.05) is 18.4 Å². The molecule has 0 aliphatic rings. The minimum absolute atomic E-state index is 0.589. The maximum Gasteiger partial charge on any atom is 0.171 e. The molecule has 0 saturated heterocycles. The number of aromatic nitrogens is 2. The van der Waals surface area contributed by atoms with Crippen LogP contribution in [0.15, 0.2) is 34.9 Å². The number of hydrogen-bond acceptors (Lipinski definition) is 2. The summed E-state index contributed by atoms with van der Waals surface area (Å²) >= 11 is 8.80. The largest absolute Gasteiger partial charge is 0.357 e. The molecule has 0 atom stereocenters. The summed E-state index contributed by atoms with van der Waals surface area (Å²) in [6.07, 6.45) is 1.97.